The molecule has 3 saturated carbocycles. The van der Waals surface area contributed by atoms with Crippen LogP contribution in [0.3, 0.4) is 0 Å². The van der Waals surface area contributed by atoms with E-state index in [1.165, 1.54) is 44.1 Å². The van der Waals surface area contributed by atoms with Gasteiger partial charge in [-0.3, -0.25) is 4.79 Å². The van der Waals surface area contributed by atoms with E-state index in [-0.39, 0.29) is 0 Å². The molecule has 4 aliphatic carbocycles. The molecule has 0 saturated heterocycles. The van der Waals surface area contributed by atoms with Crippen LogP contribution in [0.4, 0.5) is 0 Å². The van der Waals surface area contributed by atoms with Gasteiger partial charge in [-0.15, -0.1) is 0 Å². The zero-order chi connectivity index (χ0) is 14.8. The smallest absolute Gasteiger partial charge is 0.155 e. The van der Waals surface area contributed by atoms with Crippen LogP contribution < -0.4 is 0 Å². The molecule has 0 aromatic carbocycles. The van der Waals surface area contributed by atoms with Gasteiger partial charge >= 0.3 is 0 Å². The number of fused-ring (bicyclic) bond motifs is 5. The molecule has 116 valence electrons. The Morgan fingerprint density at radius 3 is 2.67 bits per heavy atom. The van der Waals surface area contributed by atoms with Crippen LogP contribution in [0.25, 0.3) is 0 Å². The molecule has 0 spiro atoms. The minimum Gasteiger partial charge on any atom is -0.295 e. The lowest BCUT2D eigenvalue weighted by atomic mass is 9.47. The van der Waals surface area contributed by atoms with Crippen molar-refractivity contribution in [1.29, 1.82) is 0 Å². The van der Waals surface area contributed by atoms with Crippen molar-refractivity contribution in [2.24, 2.45) is 28.6 Å². The predicted octanol–water partition coefficient (Wildman–Crippen LogP) is 4.82. The summed E-state index contributed by atoms with van der Waals surface area (Å²) in [6.45, 7) is 4.98. The van der Waals surface area contributed by atoms with Gasteiger partial charge in [-0.25, -0.2) is 0 Å². The van der Waals surface area contributed by atoms with Gasteiger partial charge in [0, 0.05) is 11.7 Å². The molecular weight excluding hydrogens is 276 g/mol. The second kappa shape index (κ2) is 4.63. The number of rotatable bonds is 0. The van der Waals surface area contributed by atoms with E-state index in [4.69, 9.17) is 12.6 Å². The summed E-state index contributed by atoms with van der Waals surface area (Å²) in [6, 6.07) is 0. The number of ketones is 1. The van der Waals surface area contributed by atoms with E-state index in [1.54, 1.807) is 0 Å². The molecule has 0 N–H and O–H groups in total. The number of thiol groups is 1. The molecule has 4 aliphatic rings. The highest BCUT2D eigenvalue weighted by atomic mass is 32.1. The Morgan fingerprint density at radius 1 is 1.05 bits per heavy atom. The van der Waals surface area contributed by atoms with Gasteiger partial charge in [0.2, 0.25) is 0 Å². The molecular formula is C19H28OS. The monoisotopic (exact) mass is 304 g/mol. The first-order valence-electron chi connectivity index (χ1n) is 8.87. The average Bonchev–Trinajstić information content (AvgIpc) is 2.76. The Labute approximate surface area is 134 Å². The van der Waals surface area contributed by atoms with Crippen LogP contribution in [0.15, 0.2) is 11.6 Å². The van der Waals surface area contributed by atoms with Gasteiger partial charge in [0.15, 0.2) is 5.78 Å². The topological polar surface area (TPSA) is 17.1 Å². The maximum absolute atomic E-state index is 11.8. The van der Waals surface area contributed by atoms with E-state index >= 15 is 0 Å². The minimum atomic E-state index is 0.326. The average molecular weight is 304 g/mol. The van der Waals surface area contributed by atoms with Gasteiger partial charge in [-0.2, -0.15) is 12.6 Å². The highest BCUT2D eigenvalue weighted by Crippen LogP contribution is 2.65. The van der Waals surface area contributed by atoms with Crippen molar-refractivity contribution in [2.75, 3.05) is 0 Å². The fraction of sp³-hybridized carbons (Fsp3) is 0.842. The van der Waals surface area contributed by atoms with E-state index in [0.29, 0.717) is 21.9 Å². The van der Waals surface area contributed by atoms with Crippen LogP contribution in [0.1, 0.15) is 65.2 Å². The van der Waals surface area contributed by atoms with Crippen LogP contribution in [0, 0.1) is 28.6 Å². The Balaban J connectivity index is 1.69. The number of allylic oxidation sites excluding steroid dienone is 1. The lowest BCUT2D eigenvalue weighted by Gasteiger charge is -2.57. The third kappa shape index (κ3) is 1.87. The quantitative estimate of drug-likeness (QED) is 0.635. The van der Waals surface area contributed by atoms with Gasteiger partial charge in [0.05, 0.1) is 0 Å². The Morgan fingerprint density at radius 2 is 1.86 bits per heavy atom. The summed E-state index contributed by atoms with van der Waals surface area (Å²) in [5.41, 5.74) is 2.29. The SMILES string of the molecule is C[C@]12CC[C@H]3[C@@H](CCC4=CC(=O)CC[C@@]43C)[C@@H]1CC[C@@H]2S. The van der Waals surface area contributed by atoms with Crippen molar-refractivity contribution in [3.63, 3.8) is 0 Å². The fourth-order valence-corrected chi connectivity index (χ4v) is 7.00. The van der Waals surface area contributed by atoms with E-state index in [0.717, 1.165) is 30.6 Å². The van der Waals surface area contributed by atoms with E-state index in [9.17, 15) is 4.79 Å². The zero-order valence-corrected chi connectivity index (χ0v) is 14.3. The molecule has 0 aliphatic heterocycles. The zero-order valence-electron chi connectivity index (χ0n) is 13.4. The van der Waals surface area contributed by atoms with Gasteiger partial charge in [0.1, 0.15) is 0 Å². The second-order valence-corrected chi connectivity index (χ2v) is 9.23. The van der Waals surface area contributed by atoms with Gasteiger partial charge < -0.3 is 0 Å². The first-order valence-corrected chi connectivity index (χ1v) is 9.39. The van der Waals surface area contributed by atoms with Crippen LogP contribution >= 0.6 is 12.6 Å². The summed E-state index contributed by atoms with van der Waals surface area (Å²) in [7, 11) is 0. The van der Waals surface area contributed by atoms with Crippen LogP contribution in [0.5, 0.6) is 0 Å². The maximum atomic E-state index is 11.8. The summed E-state index contributed by atoms with van der Waals surface area (Å²) < 4.78 is 0. The third-order valence-electron chi connectivity index (χ3n) is 7.91. The summed E-state index contributed by atoms with van der Waals surface area (Å²) >= 11 is 4.93. The molecule has 6 atom stereocenters. The van der Waals surface area contributed by atoms with Crippen molar-refractivity contribution in [1.82, 2.24) is 0 Å². The van der Waals surface area contributed by atoms with E-state index < -0.39 is 0 Å². The van der Waals surface area contributed by atoms with Gasteiger partial charge in [0.25, 0.3) is 0 Å². The van der Waals surface area contributed by atoms with E-state index in [2.05, 4.69) is 13.8 Å². The molecule has 3 fully saturated rings. The molecule has 0 unspecified atom stereocenters. The third-order valence-corrected chi connectivity index (χ3v) is 8.76. The fourth-order valence-electron chi connectivity index (χ4n) is 6.53. The largest absolute Gasteiger partial charge is 0.295 e. The number of carbonyl (C=O) groups is 1. The number of carbonyl (C=O) groups excluding carboxylic acids is 1. The first kappa shape index (κ1) is 14.4. The van der Waals surface area contributed by atoms with Crippen molar-refractivity contribution in [3.05, 3.63) is 11.6 Å². The molecule has 2 heteroatoms. The summed E-state index contributed by atoms with van der Waals surface area (Å²) in [5, 5.41) is 0.612. The molecule has 0 aromatic heterocycles. The van der Waals surface area contributed by atoms with Crippen molar-refractivity contribution < 1.29 is 4.79 Å². The van der Waals surface area contributed by atoms with E-state index in [1.807, 2.05) is 6.08 Å². The molecule has 0 amide bonds. The summed E-state index contributed by atoms with van der Waals surface area (Å²) in [6.07, 6.45) is 11.8. The van der Waals surface area contributed by atoms with Crippen molar-refractivity contribution in [2.45, 2.75) is 70.5 Å². The van der Waals surface area contributed by atoms with Crippen molar-refractivity contribution in [3.8, 4) is 0 Å². The Hall–Kier alpha value is -0.240. The lowest BCUT2D eigenvalue weighted by molar-refractivity contribution is -0.117. The highest BCUT2D eigenvalue weighted by molar-refractivity contribution is 7.81. The summed E-state index contributed by atoms with van der Waals surface area (Å²) in [5.74, 6) is 2.96. The lowest BCUT2D eigenvalue weighted by Crippen LogP contribution is -2.50. The highest BCUT2D eigenvalue weighted by Gasteiger charge is 2.58. The maximum Gasteiger partial charge on any atom is 0.155 e. The van der Waals surface area contributed by atoms with Crippen LogP contribution in [-0.4, -0.2) is 11.0 Å². The normalized spacial score (nSPS) is 52.7. The van der Waals surface area contributed by atoms with Crippen molar-refractivity contribution >= 4 is 18.4 Å². The second-order valence-electron chi connectivity index (χ2n) is 8.61. The minimum absolute atomic E-state index is 0.326. The predicted molar refractivity (Wildman–Crippen MR) is 89.5 cm³/mol. The molecule has 4 rings (SSSR count). The Bertz CT molecular complexity index is 510. The molecule has 0 aromatic rings. The summed E-state index contributed by atoms with van der Waals surface area (Å²) in [4.78, 5) is 11.8. The Kier molecular flexibility index (Phi) is 3.17. The molecule has 21 heavy (non-hydrogen) atoms. The standard InChI is InChI=1S/C19H28OS/c1-18-9-7-13(20)11-12(18)3-4-14-15-5-6-17(21)19(15,2)10-8-16(14)18/h11,14-17,21H,3-10H2,1-2H3/t14-,15-,16-,17-,18-,19-/m0/s1. The van der Waals surface area contributed by atoms with Gasteiger partial charge in [-0.1, -0.05) is 19.4 Å². The molecule has 0 radical (unpaired) electrons. The first-order chi connectivity index (χ1) is 9.95. The molecule has 0 heterocycles. The number of hydrogen-bond acceptors (Lipinski definition) is 2. The van der Waals surface area contributed by atoms with Crippen LogP contribution in [-0.2, 0) is 4.79 Å². The molecule has 0 bridgehead atoms. The van der Waals surface area contributed by atoms with Crippen LogP contribution in [0.2, 0.25) is 0 Å². The number of hydrogen-bond donors (Lipinski definition) is 1. The van der Waals surface area contributed by atoms with Gasteiger partial charge in [-0.05, 0) is 79.6 Å². The molecule has 1 nitrogen and oxygen atoms in total.